The van der Waals surface area contributed by atoms with Gasteiger partial charge in [0, 0.05) is 38.9 Å². The predicted octanol–water partition coefficient (Wildman–Crippen LogP) is 18.9. The van der Waals surface area contributed by atoms with Gasteiger partial charge < -0.3 is 9.47 Å². The van der Waals surface area contributed by atoms with Gasteiger partial charge in [-0.05, 0) is 132 Å². The number of benzene rings is 12. The lowest BCUT2D eigenvalue weighted by Crippen LogP contribution is -2.10. The van der Waals surface area contributed by atoms with Crippen molar-refractivity contribution in [3.63, 3.8) is 0 Å². The molecule has 0 unspecified atom stereocenters. The van der Waals surface area contributed by atoms with Crippen molar-refractivity contribution in [3.05, 3.63) is 279 Å². The molecule has 0 amide bonds. The molecule has 0 radical (unpaired) electrons. The second-order valence-corrected chi connectivity index (χ2v) is 18.1. The van der Waals surface area contributed by atoms with Crippen molar-refractivity contribution in [1.82, 2.24) is 4.57 Å². The molecule has 2 heteroatoms. The van der Waals surface area contributed by atoms with Crippen LogP contribution in [0.15, 0.2) is 279 Å². The molecule has 0 aliphatic carbocycles. The molecule has 0 saturated carbocycles. The Morgan fingerprint density at radius 3 is 1.49 bits per heavy atom. The second-order valence-electron chi connectivity index (χ2n) is 18.1. The third-order valence-corrected chi connectivity index (χ3v) is 14.0. The lowest BCUT2D eigenvalue weighted by molar-refractivity contribution is 1.19. The maximum atomic E-state index is 2.44. The van der Waals surface area contributed by atoms with E-state index in [9.17, 15) is 0 Å². The van der Waals surface area contributed by atoms with Gasteiger partial charge in [0.2, 0.25) is 0 Å². The lowest BCUT2D eigenvalue weighted by Gasteiger charge is -2.26. The fourth-order valence-corrected chi connectivity index (χ4v) is 10.6. The first-order chi connectivity index (χ1) is 34.7. The smallest absolute Gasteiger partial charge is 0.0619 e. The molecule has 0 spiro atoms. The molecule has 1 aromatic heterocycles. The molecule has 0 aliphatic heterocycles. The number of rotatable bonds is 9. The van der Waals surface area contributed by atoms with Crippen LogP contribution in [0.25, 0.3) is 105 Å². The molecule has 0 bridgehead atoms. The van der Waals surface area contributed by atoms with Gasteiger partial charge in [0.25, 0.3) is 0 Å². The van der Waals surface area contributed by atoms with Crippen LogP contribution >= 0.6 is 0 Å². The summed E-state index contributed by atoms with van der Waals surface area (Å²) in [6.07, 6.45) is 0. The van der Waals surface area contributed by atoms with Crippen LogP contribution in [0, 0.1) is 0 Å². The van der Waals surface area contributed by atoms with Crippen molar-refractivity contribution in [2.75, 3.05) is 4.90 Å². The predicted molar refractivity (Wildman–Crippen MR) is 298 cm³/mol. The van der Waals surface area contributed by atoms with E-state index in [2.05, 4.69) is 289 Å². The van der Waals surface area contributed by atoms with Gasteiger partial charge in [-0.3, -0.25) is 0 Å². The summed E-state index contributed by atoms with van der Waals surface area (Å²) in [6, 6.07) is 102. The zero-order chi connectivity index (χ0) is 46.4. The van der Waals surface area contributed by atoms with Crippen molar-refractivity contribution in [3.8, 4) is 61.3 Å². The van der Waals surface area contributed by atoms with Crippen molar-refractivity contribution in [2.45, 2.75) is 0 Å². The van der Waals surface area contributed by atoms with E-state index in [0.29, 0.717) is 0 Å². The Morgan fingerprint density at radius 2 is 0.729 bits per heavy atom. The maximum absolute atomic E-state index is 2.44. The number of hydrogen-bond donors (Lipinski definition) is 0. The first kappa shape index (κ1) is 41.0. The molecule has 0 aliphatic rings. The summed E-state index contributed by atoms with van der Waals surface area (Å²) in [5.74, 6) is 0. The monoisotopic (exact) mass is 890 g/mol. The molecule has 1 heterocycles. The molecule has 2 nitrogen and oxygen atoms in total. The molecule has 328 valence electrons. The zero-order valence-electron chi connectivity index (χ0n) is 38.5. The quantitative estimate of drug-likeness (QED) is 0.140. The average molecular weight is 891 g/mol. The van der Waals surface area contributed by atoms with Gasteiger partial charge >= 0.3 is 0 Å². The molecular weight excluding hydrogens is 845 g/mol. The van der Waals surface area contributed by atoms with Gasteiger partial charge in [-0.1, -0.05) is 218 Å². The second kappa shape index (κ2) is 17.4. The SMILES string of the molecule is c1ccc(-c2ccccc2-c2cccc(-c3cccc(N(c4ccc(-c5ccc6c7ccc8ccccc8c7n(-c7ccccc7)c6c5)cc4)c4ccc(-c5cccc6ccccc56)cc4)c3)c2)cc1. The Morgan fingerprint density at radius 1 is 0.243 bits per heavy atom. The molecule has 0 atom stereocenters. The zero-order valence-corrected chi connectivity index (χ0v) is 38.5. The van der Waals surface area contributed by atoms with Gasteiger partial charge in [-0.25, -0.2) is 0 Å². The summed E-state index contributed by atoms with van der Waals surface area (Å²) in [5.41, 5.74) is 18.7. The molecular formula is C68H46N2. The highest BCUT2D eigenvalue weighted by atomic mass is 15.1. The molecule has 0 N–H and O–H groups in total. The van der Waals surface area contributed by atoms with E-state index in [1.165, 1.54) is 87.9 Å². The fraction of sp³-hybridized carbons (Fsp3) is 0. The van der Waals surface area contributed by atoms with Crippen molar-refractivity contribution in [2.24, 2.45) is 0 Å². The van der Waals surface area contributed by atoms with E-state index in [1.54, 1.807) is 0 Å². The Balaban J connectivity index is 0.912. The normalized spacial score (nSPS) is 11.4. The Hall–Kier alpha value is -9.24. The van der Waals surface area contributed by atoms with E-state index in [4.69, 9.17) is 0 Å². The third kappa shape index (κ3) is 7.31. The summed E-state index contributed by atoms with van der Waals surface area (Å²) in [6.45, 7) is 0. The largest absolute Gasteiger partial charge is 0.310 e. The van der Waals surface area contributed by atoms with Crippen LogP contribution in [0.3, 0.4) is 0 Å². The summed E-state index contributed by atoms with van der Waals surface area (Å²) >= 11 is 0. The van der Waals surface area contributed by atoms with E-state index in [-0.39, 0.29) is 0 Å². The highest BCUT2D eigenvalue weighted by molar-refractivity contribution is 6.19. The molecule has 0 fully saturated rings. The van der Waals surface area contributed by atoms with Crippen molar-refractivity contribution in [1.29, 1.82) is 0 Å². The fourth-order valence-electron chi connectivity index (χ4n) is 10.6. The highest BCUT2D eigenvalue weighted by Crippen LogP contribution is 2.42. The van der Waals surface area contributed by atoms with Gasteiger partial charge in [0.05, 0.1) is 11.0 Å². The van der Waals surface area contributed by atoms with Gasteiger partial charge in [0.1, 0.15) is 0 Å². The van der Waals surface area contributed by atoms with Crippen molar-refractivity contribution >= 4 is 60.4 Å². The first-order valence-corrected chi connectivity index (χ1v) is 24.1. The Labute approximate surface area is 408 Å². The van der Waals surface area contributed by atoms with Crippen LogP contribution in [0.1, 0.15) is 0 Å². The minimum absolute atomic E-state index is 1.08. The van der Waals surface area contributed by atoms with Crippen molar-refractivity contribution < 1.29 is 0 Å². The average Bonchev–Trinajstić information content (AvgIpc) is 3.78. The molecule has 13 rings (SSSR count). The van der Waals surface area contributed by atoms with Crippen LogP contribution in [0.5, 0.6) is 0 Å². The summed E-state index contributed by atoms with van der Waals surface area (Å²) in [7, 11) is 0. The highest BCUT2D eigenvalue weighted by Gasteiger charge is 2.18. The Kier molecular flexibility index (Phi) is 10.2. The van der Waals surface area contributed by atoms with E-state index < -0.39 is 0 Å². The van der Waals surface area contributed by atoms with E-state index in [1.807, 2.05) is 0 Å². The lowest BCUT2D eigenvalue weighted by atomic mass is 9.92. The van der Waals surface area contributed by atoms with Crippen LogP contribution in [-0.2, 0) is 0 Å². The molecule has 70 heavy (non-hydrogen) atoms. The minimum atomic E-state index is 1.08. The molecule has 13 aromatic rings. The van der Waals surface area contributed by atoms with Gasteiger partial charge in [0.15, 0.2) is 0 Å². The number of aromatic nitrogens is 1. The van der Waals surface area contributed by atoms with Crippen LogP contribution in [0.2, 0.25) is 0 Å². The van der Waals surface area contributed by atoms with E-state index in [0.717, 1.165) is 33.9 Å². The Bertz CT molecular complexity index is 4030. The first-order valence-electron chi connectivity index (χ1n) is 24.1. The van der Waals surface area contributed by atoms with E-state index >= 15 is 0 Å². The molecule has 12 aromatic carbocycles. The number of hydrogen-bond acceptors (Lipinski definition) is 1. The van der Waals surface area contributed by atoms with Crippen LogP contribution in [0.4, 0.5) is 17.1 Å². The summed E-state index contributed by atoms with van der Waals surface area (Å²) < 4.78 is 2.44. The third-order valence-electron chi connectivity index (χ3n) is 14.0. The minimum Gasteiger partial charge on any atom is -0.310 e. The number of anilines is 3. The number of nitrogens with zero attached hydrogens (tertiary/aromatic N) is 2. The summed E-state index contributed by atoms with van der Waals surface area (Å²) in [4.78, 5) is 2.39. The van der Waals surface area contributed by atoms with Crippen LogP contribution < -0.4 is 4.90 Å². The maximum Gasteiger partial charge on any atom is 0.0619 e. The summed E-state index contributed by atoms with van der Waals surface area (Å²) in [5, 5.41) is 7.48. The topological polar surface area (TPSA) is 8.17 Å². The van der Waals surface area contributed by atoms with Gasteiger partial charge in [-0.2, -0.15) is 0 Å². The van der Waals surface area contributed by atoms with Gasteiger partial charge in [-0.15, -0.1) is 0 Å². The number of fused-ring (bicyclic) bond motifs is 6. The molecule has 0 saturated heterocycles. The van der Waals surface area contributed by atoms with Crippen LogP contribution in [-0.4, -0.2) is 4.57 Å². The standard InChI is InChI=1S/C68H46N2/c1-3-16-48(17-4-1)61-28-11-12-29-63(61)55-23-13-21-52(44-55)53-22-14-26-59(45-53)69(58-40-34-51(35-41-58)62-31-15-20-49-18-7-9-27-60(49)62)57-38-32-47(33-39-57)54-37-42-65-66-43-36-50-19-8-10-30-64(50)68(66)70(67(65)46-54)56-24-5-2-6-25-56/h1-46H. The number of para-hydroxylation sites is 1.